The van der Waals surface area contributed by atoms with Gasteiger partial charge in [-0.05, 0) is 19.1 Å². The van der Waals surface area contributed by atoms with Crippen LogP contribution in [0.4, 0.5) is 0 Å². The van der Waals surface area contributed by atoms with E-state index in [1.54, 1.807) is 13.0 Å². The number of rotatable bonds is 4. The smallest absolute Gasteiger partial charge is 0.308 e. The number of fused-ring (bicyclic) bond motifs is 1. The first-order valence-corrected chi connectivity index (χ1v) is 5.90. The minimum absolute atomic E-state index is 0.0703. The average Bonchev–Trinajstić information content (AvgIpc) is 2.38. The van der Waals surface area contributed by atoms with Crippen LogP contribution < -0.4 is 0 Å². The minimum atomic E-state index is -0.923. The highest BCUT2D eigenvalue weighted by atomic mass is 16.5. The maximum Gasteiger partial charge on any atom is 0.308 e. The Bertz CT molecular complexity index is 553. The van der Waals surface area contributed by atoms with Gasteiger partial charge in [-0.25, -0.2) is 0 Å². The third kappa shape index (κ3) is 2.84. The molecule has 0 bridgehead atoms. The van der Waals surface area contributed by atoms with Crippen molar-refractivity contribution in [3.05, 3.63) is 42.1 Å². The van der Waals surface area contributed by atoms with Crippen LogP contribution in [0.1, 0.15) is 25.1 Å². The fraction of sp³-hybridized carbons (Fsp3) is 0.286. The molecule has 2 rings (SSSR count). The molecular weight excluding hydrogens is 230 g/mol. The number of pyridine rings is 1. The Balaban J connectivity index is 2.17. The van der Waals surface area contributed by atoms with Crippen LogP contribution in [0.3, 0.4) is 0 Å². The lowest BCUT2D eigenvalue weighted by atomic mass is 10.1. The molecule has 0 saturated heterocycles. The van der Waals surface area contributed by atoms with Gasteiger partial charge in [-0.15, -0.1) is 0 Å². The molecule has 1 aromatic heterocycles. The predicted octanol–water partition coefficient (Wildman–Crippen LogP) is 2.22. The van der Waals surface area contributed by atoms with E-state index in [0.29, 0.717) is 12.3 Å². The second-order valence-corrected chi connectivity index (χ2v) is 3.95. The number of carbonyl (C=O) groups is 1. The summed E-state index contributed by atoms with van der Waals surface area (Å²) in [6.07, 6.45) is -0.993. The van der Waals surface area contributed by atoms with Crippen molar-refractivity contribution in [3.8, 4) is 0 Å². The van der Waals surface area contributed by atoms with Crippen LogP contribution in [0, 0.1) is 0 Å². The van der Waals surface area contributed by atoms with Gasteiger partial charge in [-0.3, -0.25) is 9.78 Å². The second-order valence-electron chi connectivity index (χ2n) is 3.95. The van der Waals surface area contributed by atoms with E-state index in [0.717, 1.165) is 10.9 Å². The SMILES string of the molecule is CCOC(=O)CC(O)c1ccc2ccccc2n1. The van der Waals surface area contributed by atoms with Crippen molar-refractivity contribution in [1.82, 2.24) is 4.98 Å². The molecular formula is C14H15NO3. The van der Waals surface area contributed by atoms with Crippen LogP contribution in [0.25, 0.3) is 10.9 Å². The Labute approximate surface area is 105 Å². The van der Waals surface area contributed by atoms with E-state index in [1.165, 1.54) is 0 Å². The van der Waals surface area contributed by atoms with E-state index in [9.17, 15) is 9.90 Å². The van der Waals surface area contributed by atoms with Gasteiger partial charge in [-0.1, -0.05) is 24.3 Å². The molecule has 0 aliphatic rings. The Morgan fingerprint density at radius 1 is 1.33 bits per heavy atom. The largest absolute Gasteiger partial charge is 0.466 e. The molecule has 94 valence electrons. The van der Waals surface area contributed by atoms with Crippen LogP contribution in [-0.2, 0) is 9.53 Å². The normalized spacial score (nSPS) is 12.3. The number of aliphatic hydroxyl groups excluding tert-OH is 1. The Morgan fingerprint density at radius 2 is 2.11 bits per heavy atom. The van der Waals surface area contributed by atoms with E-state index >= 15 is 0 Å². The van der Waals surface area contributed by atoms with Crippen LogP contribution in [0.5, 0.6) is 0 Å². The van der Waals surface area contributed by atoms with Gasteiger partial charge in [0.2, 0.25) is 0 Å². The zero-order valence-electron chi connectivity index (χ0n) is 10.2. The molecule has 0 spiro atoms. The van der Waals surface area contributed by atoms with Crippen molar-refractivity contribution in [2.45, 2.75) is 19.4 Å². The zero-order valence-corrected chi connectivity index (χ0v) is 10.2. The number of aromatic nitrogens is 1. The molecule has 1 heterocycles. The first-order chi connectivity index (χ1) is 8.70. The summed E-state index contributed by atoms with van der Waals surface area (Å²) in [4.78, 5) is 15.6. The molecule has 1 N–H and O–H groups in total. The van der Waals surface area contributed by atoms with Gasteiger partial charge in [0.05, 0.1) is 24.2 Å². The quantitative estimate of drug-likeness (QED) is 0.839. The van der Waals surface area contributed by atoms with E-state index in [2.05, 4.69) is 4.98 Å². The number of nitrogens with zero attached hydrogens (tertiary/aromatic N) is 1. The molecule has 0 aliphatic carbocycles. The van der Waals surface area contributed by atoms with Gasteiger partial charge in [0.25, 0.3) is 0 Å². The summed E-state index contributed by atoms with van der Waals surface area (Å²) in [5.41, 5.74) is 1.29. The van der Waals surface area contributed by atoms with E-state index in [1.807, 2.05) is 30.3 Å². The molecule has 18 heavy (non-hydrogen) atoms. The zero-order chi connectivity index (χ0) is 13.0. The summed E-state index contributed by atoms with van der Waals surface area (Å²) in [6.45, 7) is 2.05. The first-order valence-electron chi connectivity index (χ1n) is 5.90. The summed E-state index contributed by atoms with van der Waals surface area (Å²) in [5.74, 6) is -0.417. The lowest BCUT2D eigenvalue weighted by Gasteiger charge is -2.10. The van der Waals surface area contributed by atoms with Gasteiger partial charge in [0, 0.05) is 5.39 Å². The topological polar surface area (TPSA) is 59.4 Å². The van der Waals surface area contributed by atoms with Crippen molar-refractivity contribution < 1.29 is 14.6 Å². The van der Waals surface area contributed by atoms with E-state index < -0.39 is 12.1 Å². The summed E-state index contributed by atoms with van der Waals surface area (Å²) < 4.78 is 4.79. The maximum absolute atomic E-state index is 11.3. The molecule has 1 aromatic carbocycles. The molecule has 1 unspecified atom stereocenters. The standard InChI is InChI=1S/C14H15NO3/c1-2-18-14(17)9-13(16)12-8-7-10-5-3-4-6-11(10)15-12/h3-8,13,16H,2,9H2,1H3. The summed E-state index contributed by atoms with van der Waals surface area (Å²) in [5, 5.41) is 10.9. The molecule has 0 aliphatic heterocycles. The number of esters is 1. The average molecular weight is 245 g/mol. The second kappa shape index (κ2) is 5.60. The highest BCUT2D eigenvalue weighted by Crippen LogP contribution is 2.19. The summed E-state index contributed by atoms with van der Waals surface area (Å²) in [6, 6.07) is 11.2. The predicted molar refractivity (Wildman–Crippen MR) is 68.0 cm³/mol. The molecule has 1 atom stereocenters. The first kappa shape index (κ1) is 12.5. The molecule has 2 aromatic rings. The summed E-state index contributed by atoms with van der Waals surface area (Å²) >= 11 is 0. The van der Waals surface area contributed by atoms with Gasteiger partial charge in [0.1, 0.15) is 6.10 Å². The lowest BCUT2D eigenvalue weighted by Crippen LogP contribution is -2.11. The van der Waals surface area contributed by atoms with Crippen LogP contribution in [0.2, 0.25) is 0 Å². The Kier molecular flexibility index (Phi) is 3.89. The number of aliphatic hydroxyl groups is 1. The number of hydrogen-bond acceptors (Lipinski definition) is 4. The fourth-order valence-corrected chi connectivity index (χ4v) is 1.75. The number of para-hydroxylation sites is 1. The van der Waals surface area contributed by atoms with Crippen LogP contribution >= 0.6 is 0 Å². The van der Waals surface area contributed by atoms with Crippen LogP contribution in [0.15, 0.2) is 36.4 Å². The van der Waals surface area contributed by atoms with E-state index in [4.69, 9.17) is 4.74 Å². The molecule has 0 saturated carbocycles. The monoisotopic (exact) mass is 245 g/mol. The van der Waals surface area contributed by atoms with E-state index in [-0.39, 0.29) is 6.42 Å². The van der Waals surface area contributed by atoms with Gasteiger partial charge in [0.15, 0.2) is 0 Å². The third-order valence-electron chi connectivity index (χ3n) is 2.63. The van der Waals surface area contributed by atoms with Crippen molar-refractivity contribution in [3.63, 3.8) is 0 Å². The number of benzene rings is 1. The van der Waals surface area contributed by atoms with Crippen molar-refractivity contribution in [2.75, 3.05) is 6.61 Å². The summed E-state index contributed by atoms with van der Waals surface area (Å²) in [7, 11) is 0. The fourth-order valence-electron chi connectivity index (χ4n) is 1.75. The van der Waals surface area contributed by atoms with Gasteiger partial charge < -0.3 is 9.84 Å². The Morgan fingerprint density at radius 3 is 2.89 bits per heavy atom. The molecule has 0 fully saturated rings. The minimum Gasteiger partial charge on any atom is -0.466 e. The van der Waals surface area contributed by atoms with Gasteiger partial charge >= 0.3 is 5.97 Å². The molecule has 4 heteroatoms. The van der Waals surface area contributed by atoms with Crippen molar-refractivity contribution >= 4 is 16.9 Å². The third-order valence-corrected chi connectivity index (χ3v) is 2.63. The Hall–Kier alpha value is -1.94. The number of ether oxygens (including phenoxy) is 1. The van der Waals surface area contributed by atoms with Crippen molar-refractivity contribution in [1.29, 1.82) is 0 Å². The lowest BCUT2D eigenvalue weighted by molar-refractivity contribution is -0.145. The number of hydrogen-bond donors (Lipinski definition) is 1. The highest BCUT2D eigenvalue weighted by molar-refractivity contribution is 5.78. The molecule has 0 radical (unpaired) electrons. The van der Waals surface area contributed by atoms with Crippen LogP contribution in [-0.4, -0.2) is 22.7 Å². The van der Waals surface area contributed by atoms with Crippen molar-refractivity contribution in [2.24, 2.45) is 0 Å². The molecule has 4 nitrogen and oxygen atoms in total. The molecule has 0 amide bonds. The maximum atomic E-state index is 11.3. The number of carbonyl (C=O) groups excluding carboxylic acids is 1. The van der Waals surface area contributed by atoms with Gasteiger partial charge in [-0.2, -0.15) is 0 Å². The highest BCUT2D eigenvalue weighted by Gasteiger charge is 2.15.